The minimum atomic E-state index is -0.125. The Bertz CT molecular complexity index is 716. The minimum absolute atomic E-state index is 0.125. The summed E-state index contributed by atoms with van der Waals surface area (Å²) >= 11 is 1.49. The van der Waals surface area contributed by atoms with Gasteiger partial charge in [-0.05, 0) is 30.5 Å². The number of carbonyl (C=O) groups is 1. The second kappa shape index (κ2) is 5.26. The standard InChI is InChI=1S/C14H12N4OS/c1-10-15-5-6-18(10)13-3-2-12(8-16-13)17-14(19)11-4-7-20-9-11/h2-9H,1H3,(H,17,19). The number of carbonyl (C=O) groups excluding carboxylic acids is 1. The fourth-order valence-corrected chi connectivity index (χ4v) is 2.46. The summed E-state index contributed by atoms with van der Waals surface area (Å²) in [5, 5.41) is 6.50. The van der Waals surface area contributed by atoms with Crippen LogP contribution in [-0.4, -0.2) is 20.4 Å². The van der Waals surface area contributed by atoms with E-state index >= 15 is 0 Å². The summed E-state index contributed by atoms with van der Waals surface area (Å²) in [7, 11) is 0. The zero-order valence-electron chi connectivity index (χ0n) is 10.8. The first-order chi connectivity index (χ1) is 9.74. The van der Waals surface area contributed by atoms with Gasteiger partial charge in [-0.1, -0.05) is 0 Å². The number of nitrogens with one attached hydrogen (secondary N) is 1. The van der Waals surface area contributed by atoms with Crippen molar-refractivity contribution in [1.29, 1.82) is 0 Å². The van der Waals surface area contributed by atoms with Crippen molar-refractivity contribution in [3.63, 3.8) is 0 Å². The molecule has 0 unspecified atom stereocenters. The summed E-state index contributed by atoms with van der Waals surface area (Å²) in [5.74, 6) is 1.51. The normalized spacial score (nSPS) is 10.4. The van der Waals surface area contributed by atoms with Crippen LogP contribution in [0.3, 0.4) is 0 Å². The molecule has 3 heterocycles. The van der Waals surface area contributed by atoms with E-state index in [4.69, 9.17) is 0 Å². The van der Waals surface area contributed by atoms with E-state index in [2.05, 4.69) is 15.3 Å². The highest BCUT2D eigenvalue weighted by atomic mass is 32.1. The molecule has 100 valence electrons. The lowest BCUT2D eigenvalue weighted by Crippen LogP contribution is -2.11. The Morgan fingerprint density at radius 2 is 2.20 bits per heavy atom. The van der Waals surface area contributed by atoms with Gasteiger partial charge >= 0.3 is 0 Å². The number of thiophene rings is 1. The molecule has 0 bridgehead atoms. The van der Waals surface area contributed by atoms with Gasteiger partial charge in [-0.25, -0.2) is 9.97 Å². The summed E-state index contributed by atoms with van der Waals surface area (Å²) in [4.78, 5) is 20.4. The number of nitrogens with zero attached hydrogens (tertiary/aromatic N) is 3. The molecule has 0 atom stereocenters. The largest absolute Gasteiger partial charge is 0.321 e. The molecule has 5 nitrogen and oxygen atoms in total. The number of aryl methyl sites for hydroxylation is 1. The zero-order chi connectivity index (χ0) is 13.9. The number of aromatic nitrogens is 3. The van der Waals surface area contributed by atoms with E-state index < -0.39 is 0 Å². The molecule has 0 radical (unpaired) electrons. The topological polar surface area (TPSA) is 59.8 Å². The number of hydrogen-bond donors (Lipinski definition) is 1. The molecule has 3 aromatic heterocycles. The van der Waals surface area contributed by atoms with Crippen LogP contribution in [0.1, 0.15) is 16.2 Å². The Morgan fingerprint density at radius 3 is 2.80 bits per heavy atom. The Hall–Kier alpha value is -2.47. The van der Waals surface area contributed by atoms with Crippen molar-refractivity contribution in [3.8, 4) is 5.82 Å². The molecule has 3 rings (SSSR count). The Morgan fingerprint density at radius 1 is 1.30 bits per heavy atom. The van der Waals surface area contributed by atoms with Crippen LogP contribution >= 0.6 is 11.3 Å². The van der Waals surface area contributed by atoms with E-state index in [1.165, 1.54) is 11.3 Å². The number of imidazole rings is 1. The molecule has 1 amide bonds. The lowest BCUT2D eigenvalue weighted by atomic mass is 10.3. The van der Waals surface area contributed by atoms with Crippen molar-refractivity contribution in [3.05, 3.63) is 58.9 Å². The highest BCUT2D eigenvalue weighted by Gasteiger charge is 2.07. The third-order valence-electron chi connectivity index (χ3n) is 2.86. The molecule has 1 N–H and O–H groups in total. The fraction of sp³-hybridized carbons (Fsp3) is 0.0714. The van der Waals surface area contributed by atoms with Crippen LogP contribution in [0.25, 0.3) is 5.82 Å². The number of amides is 1. The maximum atomic E-state index is 11.9. The van der Waals surface area contributed by atoms with Gasteiger partial charge in [0.05, 0.1) is 17.4 Å². The van der Waals surface area contributed by atoms with Gasteiger partial charge < -0.3 is 5.32 Å². The van der Waals surface area contributed by atoms with Crippen molar-refractivity contribution in [1.82, 2.24) is 14.5 Å². The van der Waals surface area contributed by atoms with E-state index in [0.717, 1.165) is 11.6 Å². The molecule has 0 aliphatic heterocycles. The molecular formula is C14H12N4OS. The van der Waals surface area contributed by atoms with Crippen LogP contribution in [0.2, 0.25) is 0 Å². The lowest BCUT2D eigenvalue weighted by molar-refractivity contribution is 0.102. The number of anilines is 1. The maximum absolute atomic E-state index is 11.9. The summed E-state index contributed by atoms with van der Waals surface area (Å²) in [6.45, 7) is 1.91. The van der Waals surface area contributed by atoms with E-state index in [1.807, 2.05) is 40.6 Å². The van der Waals surface area contributed by atoms with Crippen molar-refractivity contribution in [2.24, 2.45) is 0 Å². The average molecular weight is 284 g/mol. The molecule has 0 saturated carbocycles. The highest BCUT2D eigenvalue weighted by Crippen LogP contribution is 2.13. The molecule has 0 fully saturated rings. The van der Waals surface area contributed by atoms with Gasteiger partial charge in [0.2, 0.25) is 0 Å². The number of hydrogen-bond acceptors (Lipinski definition) is 4. The molecular weight excluding hydrogens is 272 g/mol. The van der Waals surface area contributed by atoms with E-state index in [9.17, 15) is 4.79 Å². The van der Waals surface area contributed by atoms with Crippen molar-refractivity contribution in [2.75, 3.05) is 5.32 Å². The van der Waals surface area contributed by atoms with Crippen LogP contribution in [0, 0.1) is 6.92 Å². The second-order valence-electron chi connectivity index (χ2n) is 4.22. The lowest BCUT2D eigenvalue weighted by Gasteiger charge is -2.06. The molecule has 0 saturated heterocycles. The highest BCUT2D eigenvalue weighted by molar-refractivity contribution is 7.08. The first-order valence-electron chi connectivity index (χ1n) is 6.04. The summed E-state index contributed by atoms with van der Waals surface area (Å²) < 4.78 is 1.88. The first kappa shape index (κ1) is 12.6. The van der Waals surface area contributed by atoms with Crippen LogP contribution in [0.15, 0.2) is 47.5 Å². The van der Waals surface area contributed by atoms with Gasteiger partial charge in [0.1, 0.15) is 11.6 Å². The zero-order valence-corrected chi connectivity index (χ0v) is 11.6. The second-order valence-corrected chi connectivity index (χ2v) is 5.00. The van der Waals surface area contributed by atoms with Gasteiger partial charge in [0.15, 0.2) is 0 Å². The maximum Gasteiger partial charge on any atom is 0.256 e. The number of rotatable bonds is 3. The molecule has 0 spiro atoms. The molecule has 20 heavy (non-hydrogen) atoms. The first-order valence-corrected chi connectivity index (χ1v) is 6.98. The quantitative estimate of drug-likeness (QED) is 0.804. The van der Waals surface area contributed by atoms with Gasteiger partial charge in [-0.15, -0.1) is 0 Å². The molecule has 0 aliphatic carbocycles. The predicted octanol–water partition coefficient (Wildman–Crippen LogP) is 2.89. The van der Waals surface area contributed by atoms with E-state index in [0.29, 0.717) is 11.3 Å². The van der Waals surface area contributed by atoms with E-state index in [-0.39, 0.29) is 5.91 Å². The Labute approximate surface area is 119 Å². The SMILES string of the molecule is Cc1nccn1-c1ccc(NC(=O)c2ccsc2)cn1. The Kier molecular flexibility index (Phi) is 3.30. The molecule has 0 aliphatic rings. The van der Waals surface area contributed by atoms with Crippen molar-refractivity contribution >= 4 is 22.9 Å². The van der Waals surface area contributed by atoms with Crippen LogP contribution in [-0.2, 0) is 0 Å². The molecule has 3 aromatic rings. The van der Waals surface area contributed by atoms with Crippen LogP contribution in [0.5, 0.6) is 0 Å². The molecule has 6 heteroatoms. The number of pyridine rings is 1. The predicted molar refractivity (Wildman–Crippen MR) is 78.4 cm³/mol. The van der Waals surface area contributed by atoms with Crippen molar-refractivity contribution < 1.29 is 4.79 Å². The third-order valence-corrected chi connectivity index (χ3v) is 3.54. The van der Waals surface area contributed by atoms with Gasteiger partial charge in [0, 0.05) is 17.8 Å². The average Bonchev–Trinajstić information content (AvgIpc) is 3.11. The fourth-order valence-electron chi connectivity index (χ4n) is 1.82. The third kappa shape index (κ3) is 2.46. The van der Waals surface area contributed by atoms with Crippen molar-refractivity contribution in [2.45, 2.75) is 6.92 Å². The summed E-state index contributed by atoms with van der Waals surface area (Å²) in [5.41, 5.74) is 1.33. The van der Waals surface area contributed by atoms with Gasteiger partial charge in [-0.2, -0.15) is 11.3 Å². The van der Waals surface area contributed by atoms with Crippen LogP contribution in [0.4, 0.5) is 5.69 Å². The van der Waals surface area contributed by atoms with Crippen LogP contribution < -0.4 is 5.32 Å². The molecule has 0 aromatic carbocycles. The van der Waals surface area contributed by atoms with E-state index in [1.54, 1.807) is 18.5 Å². The van der Waals surface area contributed by atoms with Gasteiger partial charge in [0.25, 0.3) is 5.91 Å². The summed E-state index contributed by atoms with van der Waals surface area (Å²) in [6.07, 6.45) is 5.21. The van der Waals surface area contributed by atoms with Gasteiger partial charge in [-0.3, -0.25) is 9.36 Å². The minimum Gasteiger partial charge on any atom is -0.321 e. The smallest absolute Gasteiger partial charge is 0.256 e. The monoisotopic (exact) mass is 284 g/mol. The Balaban J connectivity index is 1.77. The summed E-state index contributed by atoms with van der Waals surface area (Å²) in [6, 6.07) is 5.46.